The molecule has 0 unspecified atom stereocenters. The zero-order chi connectivity index (χ0) is 15.4. The molecule has 1 heterocycles. The lowest BCUT2D eigenvalue weighted by Gasteiger charge is -2.15. The fraction of sp³-hybridized carbons (Fsp3) is 0.312. The van der Waals surface area contributed by atoms with E-state index in [1.54, 1.807) is 6.07 Å². The molecular formula is C16H18N4O2. The lowest BCUT2D eigenvalue weighted by Crippen LogP contribution is -2.32. The quantitative estimate of drug-likeness (QED) is 0.726. The minimum absolute atomic E-state index is 0.394. The van der Waals surface area contributed by atoms with Crippen LogP contribution in [0.4, 0.5) is 11.6 Å². The molecule has 1 aromatic carbocycles. The third-order valence-corrected chi connectivity index (χ3v) is 3.50. The third kappa shape index (κ3) is 3.94. The number of carboxylic acids is 1. The van der Waals surface area contributed by atoms with E-state index < -0.39 is 12.0 Å². The molecule has 22 heavy (non-hydrogen) atoms. The Balaban J connectivity index is 1.69. The molecule has 1 aliphatic carbocycles. The third-order valence-electron chi connectivity index (χ3n) is 3.50. The van der Waals surface area contributed by atoms with Gasteiger partial charge in [0.2, 0.25) is 0 Å². The van der Waals surface area contributed by atoms with Crippen molar-refractivity contribution in [1.29, 1.82) is 0 Å². The Morgan fingerprint density at radius 2 is 1.95 bits per heavy atom. The summed E-state index contributed by atoms with van der Waals surface area (Å²) < 4.78 is 0. The van der Waals surface area contributed by atoms with Gasteiger partial charge in [0.25, 0.3) is 0 Å². The van der Waals surface area contributed by atoms with E-state index in [-0.39, 0.29) is 0 Å². The van der Waals surface area contributed by atoms with Crippen LogP contribution in [0.3, 0.4) is 0 Å². The van der Waals surface area contributed by atoms with Crippen LogP contribution in [-0.4, -0.2) is 33.1 Å². The van der Waals surface area contributed by atoms with Crippen LogP contribution in [-0.2, 0) is 11.2 Å². The van der Waals surface area contributed by atoms with E-state index in [1.807, 2.05) is 30.3 Å². The summed E-state index contributed by atoms with van der Waals surface area (Å²) in [5.41, 5.74) is 0.966. The van der Waals surface area contributed by atoms with E-state index >= 15 is 0 Å². The van der Waals surface area contributed by atoms with Crippen molar-refractivity contribution < 1.29 is 9.90 Å². The molecule has 0 aliphatic heterocycles. The molecule has 0 saturated heterocycles. The molecule has 0 bridgehead atoms. The van der Waals surface area contributed by atoms with Gasteiger partial charge in [-0.05, 0) is 18.4 Å². The molecule has 114 valence electrons. The molecule has 1 saturated carbocycles. The molecule has 1 fully saturated rings. The van der Waals surface area contributed by atoms with Crippen LogP contribution >= 0.6 is 0 Å². The number of aromatic nitrogens is 2. The van der Waals surface area contributed by atoms with Gasteiger partial charge in [-0.3, -0.25) is 0 Å². The number of nitrogens with one attached hydrogen (secondary N) is 2. The highest BCUT2D eigenvalue weighted by molar-refractivity contribution is 5.77. The average molecular weight is 298 g/mol. The second kappa shape index (κ2) is 6.43. The van der Waals surface area contributed by atoms with Gasteiger partial charge in [0.05, 0.1) is 0 Å². The molecule has 0 spiro atoms. The highest BCUT2D eigenvalue weighted by Gasteiger charge is 2.22. The highest BCUT2D eigenvalue weighted by Crippen LogP contribution is 2.24. The molecule has 1 atom stereocenters. The van der Waals surface area contributed by atoms with E-state index in [4.69, 9.17) is 0 Å². The Labute approximate surface area is 128 Å². The largest absolute Gasteiger partial charge is 0.480 e. The van der Waals surface area contributed by atoms with Crippen molar-refractivity contribution >= 4 is 17.6 Å². The number of nitrogens with zero attached hydrogens (tertiary/aromatic N) is 2. The maximum Gasteiger partial charge on any atom is 0.326 e. The first-order valence-corrected chi connectivity index (χ1v) is 7.32. The lowest BCUT2D eigenvalue weighted by atomic mass is 10.1. The number of carbonyl (C=O) groups is 1. The van der Waals surface area contributed by atoms with Gasteiger partial charge in [-0.1, -0.05) is 30.3 Å². The van der Waals surface area contributed by atoms with Gasteiger partial charge >= 0.3 is 5.97 Å². The number of rotatable bonds is 7. The SMILES string of the molecule is O=C(O)[C@H](Cc1ccccc1)Nc1cc(NC2CC2)ncn1. The van der Waals surface area contributed by atoms with Crippen molar-refractivity contribution in [3.05, 3.63) is 48.3 Å². The van der Waals surface area contributed by atoms with Crippen LogP contribution in [0.2, 0.25) is 0 Å². The summed E-state index contributed by atoms with van der Waals surface area (Å²) >= 11 is 0. The minimum Gasteiger partial charge on any atom is -0.480 e. The number of aliphatic carboxylic acids is 1. The summed E-state index contributed by atoms with van der Waals surface area (Å²) in [6.07, 6.45) is 4.14. The molecule has 6 nitrogen and oxygen atoms in total. The summed E-state index contributed by atoms with van der Waals surface area (Å²) in [5.74, 6) is 0.337. The van der Waals surface area contributed by atoms with Gasteiger partial charge in [-0.15, -0.1) is 0 Å². The van der Waals surface area contributed by atoms with Crippen molar-refractivity contribution in [3.63, 3.8) is 0 Å². The fourth-order valence-electron chi connectivity index (χ4n) is 2.18. The molecule has 1 aromatic heterocycles. The molecule has 0 amide bonds. The summed E-state index contributed by atoms with van der Waals surface area (Å²) in [5, 5.41) is 15.6. The van der Waals surface area contributed by atoms with Crippen molar-refractivity contribution in [2.24, 2.45) is 0 Å². The molecule has 0 radical (unpaired) electrons. The van der Waals surface area contributed by atoms with E-state index in [0.29, 0.717) is 18.3 Å². The molecule has 6 heteroatoms. The Morgan fingerprint density at radius 1 is 1.23 bits per heavy atom. The summed E-state index contributed by atoms with van der Waals surface area (Å²) in [6.45, 7) is 0. The summed E-state index contributed by atoms with van der Waals surface area (Å²) in [7, 11) is 0. The van der Waals surface area contributed by atoms with Crippen molar-refractivity contribution in [2.75, 3.05) is 10.6 Å². The van der Waals surface area contributed by atoms with Gasteiger partial charge < -0.3 is 15.7 Å². The van der Waals surface area contributed by atoms with E-state index in [0.717, 1.165) is 24.2 Å². The summed E-state index contributed by atoms with van der Waals surface area (Å²) in [6, 6.07) is 11.0. The maximum absolute atomic E-state index is 11.5. The zero-order valence-electron chi connectivity index (χ0n) is 12.1. The molecule has 2 aromatic rings. The topological polar surface area (TPSA) is 87.1 Å². The fourth-order valence-corrected chi connectivity index (χ4v) is 2.18. The van der Waals surface area contributed by atoms with Gasteiger partial charge in [-0.25, -0.2) is 14.8 Å². The zero-order valence-corrected chi connectivity index (χ0v) is 12.1. The van der Waals surface area contributed by atoms with Crippen LogP contribution in [0, 0.1) is 0 Å². The van der Waals surface area contributed by atoms with Gasteiger partial charge in [0, 0.05) is 18.5 Å². The number of hydrogen-bond donors (Lipinski definition) is 3. The number of carboxylic acid groups (broad SMARTS) is 1. The smallest absolute Gasteiger partial charge is 0.326 e. The predicted octanol–water partition coefficient (Wildman–Crippen LogP) is 2.16. The number of anilines is 2. The number of hydrogen-bond acceptors (Lipinski definition) is 5. The van der Waals surface area contributed by atoms with Gasteiger partial charge in [-0.2, -0.15) is 0 Å². The van der Waals surface area contributed by atoms with Crippen LogP contribution in [0.1, 0.15) is 18.4 Å². The van der Waals surface area contributed by atoms with Crippen LogP contribution < -0.4 is 10.6 Å². The first-order valence-electron chi connectivity index (χ1n) is 7.32. The van der Waals surface area contributed by atoms with Crippen LogP contribution in [0.5, 0.6) is 0 Å². The van der Waals surface area contributed by atoms with Crippen molar-refractivity contribution in [2.45, 2.75) is 31.3 Å². The van der Waals surface area contributed by atoms with Gasteiger partial charge in [0.15, 0.2) is 0 Å². The molecule has 1 aliphatic rings. The first-order chi connectivity index (χ1) is 10.7. The average Bonchev–Trinajstić information content (AvgIpc) is 3.32. The Bertz CT molecular complexity index is 644. The molecular weight excluding hydrogens is 280 g/mol. The lowest BCUT2D eigenvalue weighted by molar-refractivity contribution is -0.137. The van der Waals surface area contributed by atoms with E-state index in [2.05, 4.69) is 20.6 Å². The van der Waals surface area contributed by atoms with Crippen molar-refractivity contribution in [3.8, 4) is 0 Å². The Hall–Kier alpha value is -2.63. The second-order valence-corrected chi connectivity index (χ2v) is 5.43. The van der Waals surface area contributed by atoms with E-state index in [9.17, 15) is 9.90 Å². The molecule has 3 rings (SSSR count). The predicted molar refractivity (Wildman–Crippen MR) is 83.9 cm³/mol. The maximum atomic E-state index is 11.5. The van der Waals surface area contributed by atoms with Crippen LogP contribution in [0.25, 0.3) is 0 Å². The second-order valence-electron chi connectivity index (χ2n) is 5.43. The van der Waals surface area contributed by atoms with Crippen molar-refractivity contribution in [1.82, 2.24) is 9.97 Å². The van der Waals surface area contributed by atoms with Crippen LogP contribution in [0.15, 0.2) is 42.7 Å². The van der Waals surface area contributed by atoms with E-state index in [1.165, 1.54) is 6.33 Å². The first kappa shape index (κ1) is 14.3. The van der Waals surface area contributed by atoms with Gasteiger partial charge in [0.1, 0.15) is 24.0 Å². The number of benzene rings is 1. The highest BCUT2D eigenvalue weighted by atomic mass is 16.4. The normalized spacial score (nSPS) is 15.1. The standard InChI is InChI=1S/C16H18N4O2/c21-16(22)13(8-11-4-2-1-3-5-11)20-15-9-14(17-10-18-15)19-12-6-7-12/h1-5,9-10,12-13H,6-8H2,(H,21,22)(H2,17,18,19,20)/t13-/m0/s1. The summed E-state index contributed by atoms with van der Waals surface area (Å²) in [4.78, 5) is 19.7. The monoisotopic (exact) mass is 298 g/mol. The Morgan fingerprint density at radius 3 is 2.64 bits per heavy atom. The Kier molecular flexibility index (Phi) is 4.18. The minimum atomic E-state index is -0.904. The molecule has 3 N–H and O–H groups in total.